The van der Waals surface area contributed by atoms with E-state index < -0.39 is 0 Å². The molecule has 0 fully saturated rings. The molecule has 0 amide bonds. The Kier molecular flexibility index (Phi) is 6.81. The Morgan fingerprint density at radius 1 is 0.677 bits per heavy atom. The van der Waals surface area contributed by atoms with Crippen LogP contribution in [0.15, 0.2) is 66.7 Å². The highest BCUT2D eigenvalue weighted by Crippen LogP contribution is 2.38. The summed E-state index contributed by atoms with van der Waals surface area (Å²) in [6.07, 6.45) is 10.3. The largest absolute Gasteiger partial charge is 0.399 e. The van der Waals surface area contributed by atoms with Crippen molar-refractivity contribution in [2.45, 2.75) is 64.3 Å². The molecule has 0 aliphatic rings. The molecule has 0 bridgehead atoms. The minimum Gasteiger partial charge on any atom is -0.399 e. The first-order valence-electron chi connectivity index (χ1n) is 11.8. The second kappa shape index (κ2) is 9.91. The molecule has 1 unspecified atom stereocenters. The average molecular weight is 414 g/mol. The third-order valence-corrected chi connectivity index (χ3v) is 6.43. The lowest BCUT2D eigenvalue weighted by molar-refractivity contribution is 0.507. The standard InChI is InChI=1S/C28H35N3/c1-2-3-4-5-6-7-11-14-26(21-12-9-8-10-13-21)31-27-19-22(29)15-17-24(27)25-18-16-23(30)20-28(25)31/h8-10,12-13,15-20,26H,2-7,11,14,29-30H2,1H3. The molecule has 3 heteroatoms. The van der Waals surface area contributed by atoms with E-state index in [0.29, 0.717) is 0 Å². The van der Waals surface area contributed by atoms with Gasteiger partial charge in [-0.2, -0.15) is 0 Å². The van der Waals surface area contributed by atoms with Gasteiger partial charge in [-0.05, 0) is 36.2 Å². The summed E-state index contributed by atoms with van der Waals surface area (Å²) in [6.45, 7) is 2.27. The molecule has 0 saturated carbocycles. The van der Waals surface area contributed by atoms with E-state index in [-0.39, 0.29) is 6.04 Å². The number of fused-ring (bicyclic) bond motifs is 3. The molecule has 1 aromatic heterocycles. The zero-order valence-corrected chi connectivity index (χ0v) is 18.7. The van der Waals surface area contributed by atoms with Gasteiger partial charge >= 0.3 is 0 Å². The van der Waals surface area contributed by atoms with Gasteiger partial charge in [-0.1, -0.05) is 94.3 Å². The predicted octanol–water partition coefficient (Wildman–Crippen LogP) is 7.69. The monoisotopic (exact) mass is 413 g/mol. The Morgan fingerprint density at radius 2 is 1.23 bits per heavy atom. The van der Waals surface area contributed by atoms with Crippen molar-refractivity contribution in [2.75, 3.05) is 11.5 Å². The molecule has 4 aromatic rings. The van der Waals surface area contributed by atoms with Crippen LogP contribution in [-0.2, 0) is 0 Å². The van der Waals surface area contributed by atoms with Crippen molar-refractivity contribution < 1.29 is 0 Å². The summed E-state index contributed by atoms with van der Waals surface area (Å²) in [6, 6.07) is 23.7. The van der Waals surface area contributed by atoms with Gasteiger partial charge in [0.1, 0.15) is 0 Å². The summed E-state index contributed by atoms with van der Waals surface area (Å²) in [5, 5.41) is 2.48. The molecule has 3 aromatic carbocycles. The van der Waals surface area contributed by atoms with Crippen LogP contribution in [0.2, 0.25) is 0 Å². The molecular weight excluding hydrogens is 378 g/mol. The summed E-state index contributed by atoms with van der Waals surface area (Å²) in [5.74, 6) is 0. The highest BCUT2D eigenvalue weighted by molar-refractivity contribution is 6.09. The molecule has 0 spiro atoms. The van der Waals surface area contributed by atoms with E-state index >= 15 is 0 Å². The Hall–Kier alpha value is -2.94. The van der Waals surface area contributed by atoms with E-state index in [0.717, 1.165) is 17.8 Å². The number of nitrogens with two attached hydrogens (primary N) is 2. The number of aromatic nitrogens is 1. The molecule has 4 rings (SSSR count). The zero-order valence-electron chi connectivity index (χ0n) is 18.7. The van der Waals surface area contributed by atoms with Crippen LogP contribution in [-0.4, -0.2) is 4.57 Å². The smallest absolute Gasteiger partial charge is 0.0592 e. The number of unbranched alkanes of at least 4 members (excludes halogenated alkanes) is 6. The first-order chi connectivity index (χ1) is 15.2. The number of benzene rings is 3. The van der Waals surface area contributed by atoms with Crippen molar-refractivity contribution in [2.24, 2.45) is 0 Å². The molecule has 0 radical (unpaired) electrons. The zero-order chi connectivity index (χ0) is 21.6. The topological polar surface area (TPSA) is 57.0 Å². The Balaban J connectivity index is 1.72. The molecule has 0 aliphatic heterocycles. The average Bonchev–Trinajstić information content (AvgIpc) is 3.08. The second-order valence-electron chi connectivity index (χ2n) is 8.76. The maximum atomic E-state index is 6.22. The van der Waals surface area contributed by atoms with Crippen molar-refractivity contribution in [3.63, 3.8) is 0 Å². The molecule has 1 atom stereocenters. The van der Waals surface area contributed by atoms with Crippen molar-refractivity contribution in [1.82, 2.24) is 4.57 Å². The van der Waals surface area contributed by atoms with Gasteiger partial charge in [-0.3, -0.25) is 0 Å². The summed E-state index contributed by atoms with van der Waals surface area (Å²) < 4.78 is 2.48. The molecule has 162 valence electrons. The van der Waals surface area contributed by atoms with Gasteiger partial charge in [-0.25, -0.2) is 0 Å². The van der Waals surface area contributed by atoms with Crippen LogP contribution in [0.25, 0.3) is 21.8 Å². The normalized spacial score (nSPS) is 12.5. The lowest BCUT2D eigenvalue weighted by Gasteiger charge is -2.22. The number of nitrogens with zero attached hydrogens (tertiary/aromatic N) is 1. The summed E-state index contributed by atoms with van der Waals surface area (Å²) in [7, 11) is 0. The summed E-state index contributed by atoms with van der Waals surface area (Å²) in [5.41, 5.74) is 17.8. The SMILES string of the molecule is CCCCCCCCCC(c1ccccc1)n1c2cc(N)ccc2c2ccc(N)cc21. The van der Waals surface area contributed by atoms with Crippen LogP contribution in [0.4, 0.5) is 11.4 Å². The van der Waals surface area contributed by atoms with Crippen LogP contribution in [0.3, 0.4) is 0 Å². The Labute approximate surface area is 186 Å². The molecule has 31 heavy (non-hydrogen) atoms. The molecule has 0 saturated heterocycles. The number of hydrogen-bond acceptors (Lipinski definition) is 2. The van der Waals surface area contributed by atoms with E-state index in [1.807, 2.05) is 12.1 Å². The van der Waals surface area contributed by atoms with E-state index in [4.69, 9.17) is 11.5 Å². The first-order valence-corrected chi connectivity index (χ1v) is 11.8. The van der Waals surface area contributed by atoms with Crippen LogP contribution < -0.4 is 11.5 Å². The van der Waals surface area contributed by atoms with Crippen LogP contribution in [0, 0.1) is 0 Å². The van der Waals surface area contributed by atoms with Gasteiger partial charge in [0, 0.05) is 22.1 Å². The van der Waals surface area contributed by atoms with Crippen LogP contribution >= 0.6 is 0 Å². The van der Waals surface area contributed by atoms with Gasteiger partial charge in [-0.15, -0.1) is 0 Å². The van der Waals surface area contributed by atoms with Gasteiger partial charge in [0.15, 0.2) is 0 Å². The molecule has 0 aliphatic carbocycles. The van der Waals surface area contributed by atoms with Gasteiger partial charge in [0.2, 0.25) is 0 Å². The predicted molar refractivity (Wildman–Crippen MR) is 135 cm³/mol. The van der Waals surface area contributed by atoms with Gasteiger partial charge in [0.25, 0.3) is 0 Å². The van der Waals surface area contributed by atoms with Gasteiger partial charge < -0.3 is 16.0 Å². The van der Waals surface area contributed by atoms with E-state index in [2.05, 4.69) is 66.1 Å². The molecule has 1 heterocycles. The maximum Gasteiger partial charge on any atom is 0.0592 e. The Morgan fingerprint density at radius 3 is 1.81 bits per heavy atom. The minimum absolute atomic E-state index is 0.264. The lowest BCUT2D eigenvalue weighted by atomic mass is 9.98. The molecule has 4 N–H and O–H groups in total. The van der Waals surface area contributed by atoms with Crippen LogP contribution in [0.1, 0.15) is 69.9 Å². The van der Waals surface area contributed by atoms with E-state index in [1.165, 1.54) is 72.3 Å². The number of anilines is 2. The third-order valence-electron chi connectivity index (χ3n) is 6.43. The quantitative estimate of drug-likeness (QED) is 0.207. The summed E-state index contributed by atoms with van der Waals surface area (Å²) in [4.78, 5) is 0. The molecular formula is C28H35N3. The van der Waals surface area contributed by atoms with Crippen molar-refractivity contribution >= 4 is 33.2 Å². The maximum absolute atomic E-state index is 6.22. The van der Waals surface area contributed by atoms with Gasteiger partial charge in [0.05, 0.1) is 17.1 Å². The first kappa shape index (κ1) is 21.3. The second-order valence-corrected chi connectivity index (χ2v) is 8.76. The fourth-order valence-electron chi connectivity index (χ4n) is 4.83. The highest BCUT2D eigenvalue weighted by atomic mass is 15.0. The lowest BCUT2D eigenvalue weighted by Crippen LogP contribution is -2.11. The fourth-order valence-corrected chi connectivity index (χ4v) is 4.83. The Bertz CT molecular complexity index is 1070. The fraction of sp³-hybridized carbons (Fsp3) is 0.357. The highest BCUT2D eigenvalue weighted by Gasteiger charge is 2.20. The molecule has 3 nitrogen and oxygen atoms in total. The number of rotatable bonds is 10. The summed E-state index contributed by atoms with van der Waals surface area (Å²) >= 11 is 0. The van der Waals surface area contributed by atoms with Crippen LogP contribution in [0.5, 0.6) is 0 Å². The van der Waals surface area contributed by atoms with E-state index in [1.54, 1.807) is 0 Å². The third kappa shape index (κ3) is 4.71. The van der Waals surface area contributed by atoms with E-state index in [9.17, 15) is 0 Å². The number of nitrogen functional groups attached to an aromatic ring is 2. The van der Waals surface area contributed by atoms with Crippen molar-refractivity contribution in [3.8, 4) is 0 Å². The van der Waals surface area contributed by atoms with Crippen molar-refractivity contribution in [3.05, 3.63) is 72.3 Å². The van der Waals surface area contributed by atoms with Crippen molar-refractivity contribution in [1.29, 1.82) is 0 Å². The minimum atomic E-state index is 0.264. The number of hydrogen-bond donors (Lipinski definition) is 2.